The van der Waals surface area contributed by atoms with Crippen LogP contribution in [0.3, 0.4) is 0 Å². The van der Waals surface area contributed by atoms with Crippen molar-refractivity contribution < 1.29 is 18.0 Å². The fraction of sp³-hybridized carbons (Fsp3) is 0.348. The number of nitrogens with zero attached hydrogens (tertiary/aromatic N) is 4. The third kappa shape index (κ3) is 5.40. The van der Waals surface area contributed by atoms with Gasteiger partial charge in [-0.15, -0.1) is 0 Å². The van der Waals surface area contributed by atoms with Gasteiger partial charge < -0.3 is 20.0 Å². The smallest absolute Gasteiger partial charge is 0.295 e. The van der Waals surface area contributed by atoms with Crippen molar-refractivity contribution in [2.75, 3.05) is 25.5 Å². The Morgan fingerprint density at radius 3 is 2.83 bits per heavy atom. The number of likely N-dealkylation sites (tertiary alicyclic amines) is 1. The summed E-state index contributed by atoms with van der Waals surface area (Å²) in [5.74, 6) is -4.36. The summed E-state index contributed by atoms with van der Waals surface area (Å²) in [6.45, 7) is 0.945. The topological polar surface area (TPSA) is 120 Å². The summed E-state index contributed by atoms with van der Waals surface area (Å²) in [6.07, 6.45) is 3.96. The van der Waals surface area contributed by atoms with Crippen molar-refractivity contribution in [3.63, 3.8) is 0 Å². The highest BCUT2D eigenvalue weighted by Crippen LogP contribution is 2.35. The van der Waals surface area contributed by atoms with E-state index < -0.39 is 36.0 Å². The molecule has 35 heavy (non-hydrogen) atoms. The molecule has 12 heteroatoms. The van der Waals surface area contributed by atoms with Crippen LogP contribution < -0.4 is 10.6 Å². The maximum absolute atomic E-state index is 14.5. The summed E-state index contributed by atoms with van der Waals surface area (Å²) < 4.78 is 34.7. The maximum Gasteiger partial charge on any atom is 0.295 e. The van der Waals surface area contributed by atoms with E-state index in [0.717, 1.165) is 4.90 Å². The number of benzene rings is 1. The molecule has 1 aliphatic heterocycles. The van der Waals surface area contributed by atoms with E-state index in [0.29, 0.717) is 16.1 Å². The number of piperidine rings is 1. The lowest BCUT2D eigenvalue weighted by molar-refractivity contribution is -0.145. The Hall–Kier alpha value is -3.60. The van der Waals surface area contributed by atoms with E-state index in [1.807, 2.05) is 0 Å². The summed E-state index contributed by atoms with van der Waals surface area (Å²) in [7, 11) is 1.60. The van der Waals surface area contributed by atoms with E-state index in [1.54, 1.807) is 38.2 Å². The van der Waals surface area contributed by atoms with Crippen molar-refractivity contribution in [1.29, 1.82) is 5.41 Å². The Morgan fingerprint density at radius 2 is 2.11 bits per heavy atom. The van der Waals surface area contributed by atoms with Crippen molar-refractivity contribution in [3.8, 4) is 0 Å². The molecule has 9 nitrogen and oxygen atoms in total. The molecule has 3 heterocycles. The van der Waals surface area contributed by atoms with Crippen LogP contribution >= 0.6 is 11.6 Å². The Morgan fingerprint density at radius 1 is 1.37 bits per heavy atom. The number of halogens is 3. The third-order valence-electron chi connectivity index (χ3n) is 5.73. The molecule has 3 aromatic rings. The van der Waals surface area contributed by atoms with Crippen molar-refractivity contribution in [2.24, 2.45) is 5.92 Å². The number of rotatable bonds is 7. The zero-order valence-corrected chi connectivity index (χ0v) is 19.8. The van der Waals surface area contributed by atoms with Crippen LogP contribution in [0.25, 0.3) is 16.7 Å². The zero-order chi connectivity index (χ0) is 25.2. The lowest BCUT2D eigenvalue weighted by Gasteiger charge is -2.43. The quantitative estimate of drug-likeness (QED) is 0.419. The molecule has 184 valence electrons. The predicted molar refractivity (Wildman–Crippen MR) is 129 cm³/mol. The van der Waals surface area contributed by atoms with Crippen molar-refractivity contribution >= 4 is 45.9 Å². The highest BCUT2D eigenvalue weighted by atomic mass is 35.5. The highest BCUT2D eigenvalue weighted by molar-refractivity contribution is 6.54. The molecule has 0 aliphatic carbocycles. The number of amides is 1. The van der Waals surface area contributed by atoms with Crippen LogP contribution in [0, 0.1) is 11.3 Å². The average molecular weight is 504 g/mol. The Labute approximate surface area is 205 Å². The Kier molecular flexibility index (Phi) is 6.97. The minimum absolute atomic E-state index is 0.0992. The largest absolute Gasteiger partial charge is 0.424 e. The number of carbonyl (C=O) groups is 1. The normalized spacial score (nSPS) is 20.0. The summed E-state index contributed by atoms with van der Waals surface area (Å²) >= 11 is 5.99. The lowest BCUT2D eigenvalue weighted by atomic mass is 9.87. The zero-order valence-electron chi connectivity index (χ0n) is 19.1. The van der Waals surface area contributed by atoms with Gasteiger partial charge in [0.25, 0.3) is 17.8 Å². The second-order valence-electron chi connectivity index (χ2n) is 8.34. The van der Waals surface area contributed by atoms with Crippen LogP contribution in [0.15, 0.2) is 47.3 Å². The second-order valence-corrected chi connectivity index (χ2v) is 8.78. The third-order valence-corrected chi connectivity index (χ3v) is 5.97. The fourth-order valence-electron chi connectivity index (χ4n) is 4.14. The number of oxazole rings is 1. The molecule has 1 aliphatic rings. The molecule has 1 fully saturated rings. The van der Waals surface area contributed by atoms with Gasteiger partial charge in [-0.05, 0) is 30.2 Å². The number of hydrogen-bond donors (Lipinski definition) is 3. The molecule has 0 radical (unpaired) electrons. The molecule has 2 unspecified atom stereocenters. The van der Waals surface area contributed by atoms with E-state index in [-0.39, 0.29) is 30.4 Å². The number of alkyl halides is 2. The van der Waals surface area contributed by atoms with Gasteiger partial charge in [0, 0.05) is 43.6 Å². The van der Waals surface area contributed by atoms with Gasteiger partial charge in [-0.3, -0.25) is 10.2 Å². The molecule has 0 saturated carbocycles. The molecule has 0 bridgehead atoms. The fourth-order valence-corrected chi connectivity index (χ4v) is 4.30. The van der Waals surface area contributed by atoms with Gasteiger partial charge in [0.15, 0.2) is 11.4 Å². The molecule has 2 atom stereocenters. The van der Waals surface area contributed by atoms with Gasteiger partial charge in [0.2, 0.25) is 0 Å². The molecule has 3 N–H and O–H groups in total. The summed E-state index contributed by atoms with van der Waals surface area (Å²) in [6, 6.07) is 6.13. The first-order chi connectivity index (χ1) is 16.7. The summed E-state index contributed by atoms with van der Waals surface area (Å²) in [5, 5.41) is 14.8. The minimum atomic E-state index is -3.09. The number of carbonyl (C=O) groups excluding carboxylic acids is 1. The number of hydrogen-bond acceptors (Lipinski definition) is 8. The van der Waals surface area contributed by atoms with Crippen LogP contribution in [0.4, 0.5) is 14.8 Å². The van der Waals surface area contributed by atoms with Gasteiger partial charge >= 0.3 is 0 Å². The predicted octanol–water partition coefficient (Wildman–Crippen LogP) is 3.84. The van der Waals surface area contributed by atoms with Crippen LogP contribution in [-0.4, -0.2) is 63.6 Å². The van der Waals surface area contributed by atoms with E-state index in [4.69, 9.17) is 21.4 Å². The summed E-state index contributed by atoms with van der Waals surface area (Å²) in [5.41, 5.74) is 0.668. The summed E-state index contributed by atoms with van der Waals surface area (Å²) in [4.78, 5) is 26.9. The average Bonchev–Trinajstić information content (AvgIpc) is 3.22. The first-order valence-electron chi connectivity index (χ1n) is 10.9. The molecule has 0 spiro atoms. The second kappa shape index (κ2) is 9.95. The van der Waals surface area contributed by atoms with Crippen LogP contribution in [0.5, 0.6) is 0 Å². The van der Waals surface area contributed by atoms with E-state index in [1.165, 1.54) is 18.6 Å². The minimum Gasteiger partial charge on any atom is -0.424 e. The molecule has 1 saturated heterocycles. The number of aromatic nitrogens is 3. The van der Waals surface area contributed by atoms with Gasteiger partial charge in [0.1, 0.15) is 11.2 Å². The molecule has 1 aromatic carbocycles. The van der Waals surface area contributed by atoms with Gasteiger partial charge in [-0.1, -0.05) is 18.5 Å². The first kappa shape index (κ1) is 24.5. The van der Waals surface area contributed by atoms with Crippen LogP contribution in [0.2, 0.25) is 5.02 Å². The molecule has 2 aromatic heterocycles. The Bertz CT molecular complexity index is 1270. The number of fused-ring (bicyclic) bond motifs is 1. The van der Waals surface area contributed by atoms with Crippen LogP contribution in [-0.2, 0) is 4.79 Å². The SMILES string of the molecule is CN/C=C(\C(=N)C(=O)N1CC(F)(F)CC(C)C1CNc1nc2cc(Cl)ccc2o1)c1ncccn1. The van der Waals surface area contributed by atoms with Crippen molar-refractivity contribution in [2.45, 2.75) is 25.3 Å². The first-order valence-corrected chi connectivity index (χ1v) is 11.3. The van der Waals surface area contributed by atoms with Gasteiger partial charge in [-0.25, -0.2) is 18.7 Å². The molecule has 4 rings (SSSR count). The molecular formula is C23H24ClF2N7O2. The maximum atomic E-state index is 14.5. The standard InChI is InChI=1S/C23H24ClF2N7O2/c1-13-9-23(25,26)12-33(21(34)19(27)15(10-28-2)20-29-6-3-7-30-20)17(13)11-31-22-32-16-8-14(24)4-5-18(16)35-22/h3-8,10,13,17,27-28H,9,11-12H2,1-2H3,(H,31,32)/b15-10+,27-19?. The van der Waals surface area contributed by atoms with Crippen molar-refractivity contribution in [3.05, 3.63) is 53.7 Å². The lowest BCUT2D eigenvalue weighted by Crippen LogP contribution is -2.58. The van der Waals surface area contributed by atoms with Crippen LogP contribution in [0.1, 0.15) is 19.2 Å². The van der Waals surface area contributed by atoms with E-state index >= 15 is 0 Å². The number of nitrogens with one attached hydrogen (secondary N) is 3. The van der Waals surface area contributed by atoms with E-state index in [2.05, 4.69) is 25.6 Å². The highest BCUT2D eigenvalue weighted by Gasteiger charge is 2.47. The number of anilines is 1. The Balaban J connectivity index is 1.58. The molecular weight excluding hydrogens is 480 g/mol. The monoisotopic (exact) mass is 503 g/mol. The van der Waals surface area contributed by atoms with E-state index in [9.17, 15) is 13.6 Å². The molecule has 1 amide bonds. The van der Waals surface area contributed by atoms with Crippen molar-refractivity contribution in [1.82, 2.24) is 25.2 Å². The van der Waals surface area contributed by atoms with Gasteiger partial charge in [0.05, 0.1) is 18.2 Å². The van der Waals surface area contributed by atoms with Gasteiger partial charge in [-0.2, -0.15) is 4.98 Å².